The summed E-state index contributed by atoms with van der Waals surface area (Å²) in [6.07, 6.45) is 1.34. The molecular weight excluding hydrogens is 440 g/mol. The predicted octanol–water partition coefficient (Wildman–Crippen LogP) is 2.89. The van der Waals surface area contributed by atoms with E-state index in [1.807, 2.05) is 0 Å². The lowest BCUT2D eigenvalue weighted by atomic mass is 10.1. The molecule has 0 spiro atoms. The van der Waals surface area contributed by atoms with Crippen LogP contribution in [0.4, 0.5) is 5.69 Å². The Morgan fingerprint density at radius 3 is 2.62 bits per heavy atom. The molecule has 34 heavy (non-hydrogen) atoms. The summed E-state index contributed by atoms with van der Waals surface area (Å²) in [5.74, 6) is 0.174. The lowest BCUT2D eigenvalue weighted by Crippen LogP contribution is -2.33. The van der Waals surface area contributed by atoms with Gasteiger partial charge in [-0.25, -0.2) is 4.79 Å². The number of hydrogen-bond acceptors (Lipinski definition) is 7. The van der Waals surface area contributed by atoms with Gasteiger partial charge in [-0.15, -0.1) is 6.58 Å². The maximum absolute atomic E-state index is 12.6. The van der Waals surface area contributed by atoms with Crippen molar-refractivity contribution >= 4 is 23.5 Å². The largest absolute Gasteiger partial charge is 0.486 e. The second-order valence-corrected chi connectivity index (χ2v) is 7.42. The van der Waals surface area contributed by atoms with Crippen LogP contribution in [0.15, 0.2) is 49.1 Å². The van der Waals surface area contributed by atoms with Gasteiger partial charge in [0.05, 0.1) is 13.2 Å². The highest BCUT2D eigenvalue weighted by molar-refractivity contribution is 5.99. The van der Waals surface area contributed by atoms with Gasteiger partial charge >= 0.3 is 5.97 Å². The summed E-state index contributed by atoms with van der Waals surface area (Å²) in [7, 11) is 0. The van der Waals surface area contributed by atoms with Gasteiger partial charge in [-0.1, -0.05) is 12.1 Å². The van der Waals surface area contributed by atoms with Crippen LogP contribution < -0.4 is 24.8 Å². The van der Waals surface area contributed by atoms with E-state index in [9.17, 15) is 14.4 Å². The average molecular weight is 469 g/mol. The third-order valence-corrected chi connectivity index (χ3v) is 4.85. The second kappa shape index (κ2) is 11.7. The normalized spacial score (nSPS) is 12.8. The first-order valence-corrected chi connectivity index (χ1v) is 11.0. The van der Waals surface area contributed by atoms with Crippen molar-refractivity contribution in [3.63, 3.8) is 0 Å². The fourth-order valence-corrected chi connectivity index (χ4v) is 3.22. The lowest BCUT2D eigenvalue weighted by molar-refractivity contribution is -0.150. The quantitative estimate of drug-likeness (QED) is 0.407. The molecule has 0 saturated carbocycles. The third-order valence-electron chi connectivity index (χ3n) is 4.85. The van der Waals surface area contributed by atoms with E-state index in [0.717, 1.165) is 5.56 Å². The molecule has 0 radical (unpaired) electrons. The first-order valence-electron chi connectivity index (χ1n) is 11.0. The molecule has 1 heterocycles. The topological polar surface area (TPSA) is 112 Å². The molecule has 2 aromatic rings. The number of fused-ring (bicyclic) bond motifs is 1. The van der Waals surface area contributed by atoms with Gasteiger partial charge in [0.2, 0.25) is 5.91 Å². The van der Waals surface area contributed by atoms with E-state index in [0.29, 0.717) is 42.6 Å². The molecule has 9 heteroatoms. The van der Waals surface area contributed by atoms with Gasteiger partial charge in [0.15, 0.2) is 17.6 Å². The zero-order chi connectivity index (χ0) is 24.5. The molecule has 1 unspecified atom stereocenters. The average Bonchev–Trinajstić information content (AvgIpc) is 2.83. The maximum atomic E-state index is 12.6. The summed E-state index contributed by atoms with van der Waals surface area (Å²) in [6.45, 7) is 7.93. The zero-order valence-electron chi connectivity index (χ0n) is 19.2. The Morgan fingerprint density at radius 1 is 1.12 bits per heavy atom. The minimum absolute atomic E-state index is 0.239. The van der Waals surface area contributed by atoms with Crippen molar-refractivity contribution in [2.75, 3.05) is 31.7 Å². The molecule has 0 saturated heterocycles. The molecule has 1 atom stereocenters. The smallest absolute Gasteiger partial charge is 0.347 e. The van der Waals surface area contributed by atoms with Gasteiger partial charge < -0.3 is 29.6 Å². The number of ether oxygens (including phenoxy) is 4. The van der Waals surface area contributed by atoms with E-state index in [4.69, 9.17) is 18.9 Å². The van der Waals surface area contributed by atoms with E-state index in [1.165, 1.54) is 6.07 Å². The Labute approximate surface area is 198 Å². The molecule has 0 fully saturated rings. The van der Waals surface area contributed by atoms with Gasteiger partial charge in [-0.2, -0.15) is 0 Å². The fraction of sp³-hybridized carbons (Fsp3) is 0.320. The van der Waals surface area contributed by atoms with Crippen LogP contribution in [-0.4, -0.2) is 50.3 Å². The summed E-state index contributed by atoms with van der Waals surface area (Å²) in [5.41, 5.74) is 1.57. The van der Waals surface area contributed by atoms with Crippen LogP contribution in [-0.2, 0) is 20.7 Å². The van der Waals surface area contributed by atoms with Crippen LogP contribution in [0.2, 0.25) is 0 Å². The Bertz CT molecular complexity index is 1070. The van der Waals surface area contributed by atoms with Gasteiger partial charge in [-0.05, 0) is 50.1 Å². The summed E-state index contributed by atoms with van der Waals surface area (Å²) in [5, 5.41) is 5.29. The number of carbonyl (C=O) groups is 3. The number of anilines is 1. The van der Waals surface area contributed by atoms with Crippen molar-refractivity contribution in [1.29, 1.82) is 0 Å². The van der Waals surface area contributed by atoms with Gasteiger partial charge in [0.25, 0.3) is 5.91 Å². The zero-order valence-corrected chi connectivity index (χ0v) is 19.2. The van der Waals surface area contributed by atoms with Gasteiger partial charge in [-0.3, -0.25) is 9.59 Å². The van der Waals surface area contributed by atoms with Gasteiger partial charge in [0.1, 0.15) is 19.0 Å². The predicted molar refractivity (Wildman–Crippen MR) is 125 cm³/mol. The van der Waals surface area contributed by atoms with Crippen molar-refractivity contribution in [3.8, 4) is 17.2 Å². The number of carbonyl (C=O) groups excluding carboxylic acids is 3. The molecule has 2 N–H and O–H groups in total. The number of esters is 1. The molecule has 2 amide bonds. The van der Waals surface area contributed by atoms with Crippen LogP contribution in [0.5, 0.6) is 17.2 Å². The highest BCUT2D eigenvalue weighted by Gasteiger charge is 2.19. The highest BCUT2D eigenvalue weighted by atomic mass is 16.6. The standard InChI is InChI=1S/C25H28N2O7/c1-4-6-17-7-8-18(13-21(17)34-16(3)25(30)31-5-2)24(29)26-15-23(28)27-19-9-10-20-22(14-19)33-12-11-32-20/h4,7-10,13-14,16H,1,5-6,11-12,15H2,2-3H3,(H,26,29)(H,27,28). The number of nitrogens with one attached hydrogen (secondary N) is 2. The van der Waals surface area contributed by atoms with Crippen LogP contribution in [0, 0.1) is 0 Å². The van der Waals surface area contributed by atoms with E-state index in [-0.39, 0.29) is 18.7 Å². The minimum atomic E-state index is -0.849. The highest BCUT2D eigenvalue weighted by Crippen LogP contribution is 2.32. The molecule has 9 nitrogen and oxygen atoms in total. The van der Waals surface area contributed by atoms with Crippen molar-refractivity contribution < 1.29 is 33.3 Å². The second-order valence-electron chi connectivity index (χ2n) is 7.42. The number of amides is 2. The Hall–Kier alpha value is -4.01. The lowest BCUT2D eigenvalue weighted by Gasteiger charge is -2.19. The Kier molecular flexibility index (Phi) is 8.50. The summed E-state index contributed by atoms with van der Waals surface area (Å²) >= 11 is 0. The molecule has 1 aliphatic heterocycles. The number of rotatable bonds is 10. The Balaban J connectivity index is 1.61. The Morgan fingerprint density at radius 2 is 1.88 bits per heavy atom. The third kappa shape index (κ3) is 6.50. The van der Waals surface area contributed by atoms with Crippen molar-refractivity contribution in [2.24, 2.45) is 0 Å². The maximum Gasteiger partial charge on any atom is 0.347 e. The minimum Gasteiger partial charge on any atom is -0.486 e. The number of hydrogen-bond donors (Lipinski definition) is 2. The van der Waals surface area contributed by atoms with Crippen LogP contribution >= 0.6 is 0 Å². The first-order chi connectivity index (χ1) is 16.4. The van der Waals surface area contributed by atoms with E-state index >= 15 is 0 Å². The van der Waals surface area contributed by atoms with Crippen molar-refractivity contribution in [3.05, 3.63) is 60.2 Å². The van der Waals surface area contributed by atoms with E-state index in [2.05, 4.69) is 17.2 Å². The molecule has 3 rings (SSSR count). The number of benzene rings is 2. The van der Waals surface area contributed by atoms with Crippen molar-refractivity contribution in [1.82, 2.24) is 5.32 Å². The summed E-state index contributed by atoms with van der Waals surface area (Å²) < 4.78 is 21.7. The molecule has 0 aromatic heterocycles. The van der Waals surface area contributed by atoms with E-state index in [1.54, 1.807) is 50.3 Å². The molecule has 0 aliphatic carbocycles. The SMILES string of the molecule is C=CCc1ccc(C(=O)NCC(=O)Nc2ccc3c(c2)OCCO3)cc1OC(C)C(=O)OCC. The fourth-order valence-electron chi connectivity index (χ4n) is 3.22. The molecule has 1 aliphatic rings. The van der Waals surface area contributed by atoms with E-state index < -0.39 is 23.9 Å². The van der Waals surface area contributed by atoms with Gasteiger partial charge in [0, 0.05) is 17.3 Å². The van der Waals surface area contributed by atoms with Crippen LogP contribution in [0.3, 0.4) is 0 Å². The van der Waals surface area contributed by atoms with Crippen molar-refractivity contribution in [2.45, 2.75) is 26.4 Å². The molecular formula is C25H28N2O7. The van der Waals surface area contributed by atoms with Crippen LogP contribution in [0.25, 0.3) is 0 Å². The molecule has 2 aromatic carbocycles. The molecule has 180 valence electrons. The molecule has 0 bridgehead atoms. The van der Waals surface area contributed by atoms with Crippen LogP contribution in [0.1, 0.15) is 29.8 Å². The summed E-state index contributed by atoms with van der Waals surface area (Å²) in [4.78, 5) is 36.9. The first kappa shape index (κ1) is 24.6. The summed E-state index contributed by atoms with van der Waals surface area (Å²) in [6, 6.07) is 9.95. The monoisotopic (exact) mass is 468 g/mol. The number of allylic oxidation sites excluding steroid dienone is 1.